The second kappa shape index (κ2) is 7.42. The molecular weight excluding hydrogens is 236 g/mol. The van der Waals surface area contributed by atoms with Gasteiger partial charge in [0.1, 0.15) is 0 Å². The summed E-state index contributed by atoms with van der Waals surface area (Å²) in [5.41, 5.74) is 0. The third kappa shape index (κ3) is 5.30. The molecule has 96 valence electrons. The lowest BCUT2D eigenvalue weighted by atomic mass is 10.3. The first-order valence-electron chi connectivity index (χ1n) is 5.69. The Balaban J connectivity index is 2.24. The zero-order valence-corrected chi connectivity index (χ0v) is 11.4. The van der Waals surface area contributed by atoms with E-state index in [2.05, 4.69) is 29.7 Å². The fourth-order valence-electron chi connectivity index (χ4n) is 1.36. The van der Waals surface area contributed by atoms with Crippen LogP contribution in [0.15, 0.2) is 12.1 Å². The van der Waals surface area contributed by atoms with Crippen LogP contribution in [0, 0.1) is 6.92 Å². The molecule has 0 radical (unpaired) electrons. The Kier molecular flexibility index (Phi) is 6.18. The van der Waals surface area contributed by atoms with Crippen molar-refractivity contribution in [3.05, 3.63) is 21.9 Å². The first kappa shape index (κ1) is 14.2. The highest BCUT2D eigenvalue weighted by Gasteiger charge is 2.11. The molecule has 2 N–H and O–H groups in total. The lowest BCUT2D eigenvalue weighted by Crippen LogP contribution is -2.42. The van der Waals surface area contributed by atoms with Gasteiger partial charge in [-0.3, -0.25) is 4.79 Å². The van der Waals surface area contributed by atoms with Crippen LogP contribution in [0.4, 0.5) is 0 Å². The minimum atomic E-state index is -0.186. The number of hydrogen-bond donors (Lipinski definition) is 2. The zero-order chi connectivity index (χ0) is 12.7. The summed E-state index contributed by atoms with van der Waals surface area (Å²) in [5, 5.41) is 6.00. The van der Waals surface area contributed by atoms with E-state index in [0.29, 0.717) is 13.2 Å². The van der Waals surface area contributed by atoms with Crippen molar-refractivity contribution < 1.29 is 9.53 Å². The van der Waals surface area contributed by atoms with E-state index in [1.807, 2.05) is 6.92 Å². The molecule has 1 heterocycles. The predicted octanol–water partition coefficient (Wildman–Crippen LogP) is 1.30. The average Bonchev–Trinajstić information content (AvgIpc) is 2.72. The molecule has 1 aromatic heterocycles. The molecule has 0 aromatic carbocycles. The number of ether oxygens (including phenoxy) is 1. The summed E-state index contributed by atoms with van der Waals surface area (Å²) in [4.78, 5) is 14.2. The number of aryl methyl sites for hydroxylation is 1. The third-order valence-corrected chi connectivity index (χ3v) is 3.38. The third-order valence-electron chi connectivity index (χ3n) is 2.38. The van der Waals surface area contributed by atoms with Gasteiger partial charge in [-0.15, -0.1) is 11.3 Å². The summed E-state index contributed by atoms with van der Waals surface area (Å²) < 4.78 is 4.87. The Labute approximate surface area is 106 Å². The smallest absolute Gasteiger partial charge is 0.236 e. The number of hydrogen-bond acceptors (Lipinski definition) is 4. The Morgan fingerprint density at radius 3 is 2.88 bits per heavy atom. The standard InChI is InChI=1S/C12H20N2O2S/c1-9-4-5-11(17-9)8-14-10(2)12(15)13-6-7-16-3/h4-5,10,14H,6-8H2,1-3H3,(H,13,15). The Morgan fingerprint density at radius 2 is 2.29 bits per heavy atom. The highest BCUT2D eigenvalue weighted by molar-refractivity contribution is 7.11. The molecular formula is C12H20N2O2S. The zero-order valence-electron chi connectivity index (χ0n) is 10.6. The Bertz CT molecular complexity index is 352. The van der Waals surface area contributed by atoms with Crippen LogP contribution in [0.2, 0.25) is 0 Å². The number of carbonyl (C=O) groups excluding carboxylic acids is 1. The van der Waals surface area contributed by atoms with Gasteiger partial charge in [-0.1, -0.05) is 0 Å². The van der Waals surface area contributed by atoms with Crippen LogP contribution in [-0.4, -0.2) is 32.2 Å². The number of thiophene rings is 1. The SMILES string of the molecule is COCCNC(=O)C(C)NCc1ccc(C)s1. The highest BCUT2D eigenvalue weighted by Crippen LogP contribution is 2.14. The predicted molar refractivity (Wildman–Crippen MR) is 70.2 cm³/mol. The van der Waals surface area contributed by atoms with Crippen LogP contribution in [0.5, 0.6) is 0 Å². The maximum Gasteiger partial charge on any atom is 0.236 e. The average molecular weight is 256 g/mol. The maximum atomic E-state index is 11.6. The Morgan fingerprint density at radius 1 is 1.53 bits per heavy atom. The van der Waals surface area contributed by atoms with Gasteiger partial charge in [0.15, 0.2) is 0 Å². The van der Waals surface area contributed by atoms with E-state index in [-0.39, 0.29) is 11.9 Å². The van der Waals surface area contributed by atoms with Gasteiger partial charge in [0.05, 0.1) is 12.6 Å². The highest BCUT2D eigenvalue weighted by atomic mass is 32.1. The van der Waals surface area contributed by atoms with Gasteiger partial charge in [-0.2, -0.15) is 0 Å². The first-order valence-corrected chi connectivity index (χ1v) is 6.50. The minimum absolute atomic E-state index is 0.00956. The van der Waals surface area contributed by atoms with Crippen LogP contribution >= 0.6 is 11.3 Å². The van der Waals surface area contributed by atoms with E-state index in [1.165, 1.54) is 9.75 Å². The largest absolute Gasteiger partial charge is 0.383 e. The van der Waals surface area contributed by atoms with Gasteiger partial charge in [0.2, 0.25) is 5.91 Å². The Hall–Kier alpha value is -0.910. The van der Waals surface area contributed by atoms with Crippen molar-refractivity contribution in [2.45, 2.75) is 26.4 Å². The topological polar surface area (TPSA) is 50.4 Å². The lowest BCUT2D eigenvalue weighted by molar-refractivity contribution is -0.122. The van der Waals surface area contributed by atoms with Crippen molar-refractivity contribution in [1.82, 2.24) is 10.6 Å². The van der Waals surface area contributed by atoms with Crippen molar-refractivity contribution in [2.24, 2.45) is 0 Å². The minimum Gasteiger partial charge on any atom is -0.383 e. The van der Waals surface area contributed by atoms with Crippen LogP contribution < -0.4 is 10.6 Å². The second-order valence-electron chi connectivity index (χ2n) is 3.90. The monoisotopic (exact) mass is 256 g/mol. The molecule has 0 saturated carbocycles. The molecule has 1 aromatic rings. The summed E-state index contributed by atoms with van der Waals surface area (Å²) in [5.74, 6) is 0.00956. The molecule has 0 fully saturated rings. The molecule has 0 saturated heterocycles. The molecule has 0 spiro atoms. The van der Waals surface area contributed by atoms with Crippen LogP contribution in [-0.2, 0) is 16.1 Å². The number of carbonyl (C=O) groups is 1. The maximum absolute atomic E-state index is 11.6. The van der Waals surface area contributed by atoms with Gasteiger partial charge in [0, 0.05) is 30.0 Å². The summed E-state index contributed by atoms with van der Waals surface area (Å²) in [7, 11) is 1.62. The molecule has 1 unspecified atom stereocenters. The summed E-state index contributed by atoms with van der Waals surface area (Å²) in [6, 6.07) is 3.99. The number of rotatable bonds is 7. The van der Waals surface area contributed by atoms with E-state index in [4.69, 9.17) is 4.74 Å². The van der Waals surface area contributed by atoms with Gasteiger partial charge in [0.25, 0.3) is 0 Å². The molecule has 0 aliphatic rings. The molecule has 4 nitrogen and oxygen atoms in total. The molecule has 0 aliphatic carbocycles. The number of nitrogens with one attached hydrogen (secondary N) is 2. The number of methoxy groups -OCH3 is 1. The number of amides is 1. The quantitative estimate of drug-likeness (QED) is 0.723. The van der Waals surface area contributed by atoms with Crippen molar-refractivity contribution in [1.29, 1.82) is 0 Å². The van der Waals surface area contributed by atoms with E-state index >= 15 is 0 Å². The second-order valence-corrected chi connectivity index (χ2v) is 5.27. The fraction of sp³-hybridized carbons (Fsp3) is 0.583. The van der Waals surface area contributed by atoms with Gasteiger partial charge in [-0.25, -0.2) is 0 Å². The van der Waals surface area contributed by atoms with Crippen LogP contribution in [0.25, 0.3) is 0 Å². The van der Waals surface area contributed by atoms with Crippen LogP contribution in [0.3, 0.4) is 0 Å². The lowest BCUT2D eigenvalue weighted by Gasteiger charge is -2.13. The molecule has 1 rings (SSSR count). The molecule has 5 heteroatoms. The molecule has 17 heavy (non-hydrogen) atoms. The molecule has 0 bridgehead atoms. The summed E-state index contributed by atoms with van der Waals surface area (Å²) in [6.07, 6.45) is 0. The van der Waals surface area contributed by atoms with Crippen molar-refractivity contribution >= 4 is 17.2 Å². The van der Waals surface area contributed by atoms with E-state index in [1.54, 1.807) is 18.4 Å². The van der Waals surface area contributed by atoms with Gasteiger partial charge >= 0.3 is 0 Å². The van der Waals surface area contributed by atoms with Gasteiger partial charge in [-0.05, 0) is 26.0 Å². The van der Waals surface area contributed by atoms with E-state index < -0.39 is 0 Å². The van der Waals surface area contributed by atoms with Crippen LogP contribution in [0.1, 0.15) is 16.7 Å². The molecule has 0 aliphatic heterocycles. The first-order chi connectivity index (χ1) is 8.13. The molecule has 1 amide bonds. The van der Waals surface area contributed by atoms with Crippen molar-refractivity contribution in [3.63, 3.8) is 0 Å². The van der Waals surface area contributed by atoms with Crippen molar-refractivity contribution in [2.75, 3.05) is 20.3 Å². The van der Waals surface area contributed by atoms with Crippen molar-refractivity contribution in [3.8, 4) is 0 Å². The molecule has 1 atom stereocenters. The van der Waals surface area contributed by atoms with E-state index in [9.17, 15) is 4.79 Å². The van der Waals surface area contributed by atoms with Gasteiger partial charge < -0.3 is 15.4 Å². The fourth-order valence-corrected chi connectivity index (χ4v) is 2.20. The summed E-state index contributed by atoms with van der Waals surface area (Å²) >= 11 is 1.75. The van der Waals surface area contributed by atoms with E-state index in [0.717, 1.165) is 6.54 Å². The normalized spacial score (nSPS) is 12.4. The summed E-state index contributed by atoms with van der Waals surface area (Å²) in [6.45, 7) is 5.77.